The molecular formula is C53H36N4OPtSi. The molecule has 0 saturated carbocycles. The minimum absolute atomic E-state index is 0. The average Bonchev–Trinajstić information content (AvgIpc) is 3.92. The quantitative estimate of drug-likeness (QED) is 0.0748. The number of fused-ring (bicyclic) bond motifs is 12. The summed E-state index contributed by atoms with van der Waals surface area (Å²) >= 11 is 0. The Morgan fingerprint density at radius 3 is 2.02 bits per heavy atom. The van der Waals surface area contributed by atoms with Crippen molar-refractivity contribution in [2.24, 2.45) is 0 Å². The zero-order valence-electron chi connectivity index (χ0n) is 32.8. The number of ether oxygens (including phenoxy) is 1. The first-order valence-electron chi connectivity index (χ1n) is 20.1. The van der Waals surface area contributed by atoms with E-state index in [9.17, 15) is 0 Å². The maximum absolute atomic E-state index is 6.68. The first kappa shape index (κ1) is 36.5. The number of imidazole rings is 1. The van der Waals surface area contributed by atoms with Crippen molar-refractivity contribution < 1.29 is 25.8 Å². The minimum atomic E-state index is -3.15. The first-order valence-corrected chi connectivity index (χ1v) is 22.1. The number of nitrogens with zero attached hydrogens (tertiary/aromatic N) is 4. The third-order valence-electron chi connectivity index (χ3n) is 12.6. The van der Waals surface area contributed by atoms with Gasteiger partial charge >= 0.3 is 21.1 Å². The van der Waals surface area contributed by atoms with Crippen LogP contribution in [0, 0.1) is 12.1 Å². The van der Waals surface area contributed by atoms with Crippen LogP contribution in [0.2, 0.25) is 0 Å². The Kier molecular flexibility index (Phi) is 8.35. The summed E-state index contributed by atoms with van der Waals surface area (Å²) in [6, 6.07) is 67.0. The van der Waals surface area contributed by atoms with Crippen LogP contribution >= 0.6 is 0 Å². The van der Waals surface area contributed by atoms with Gasteiger partial charge in [0.1, 0.15) is 25.4 Å². The fraction of sp³-hybridized carbons (Fsp3) is 0.0566. The van der Waals surface area contributed by atoms with Crippen LogP contribution in [0.25, 0.3) is 54.9 Å². The molecular weight excluding hydrogens is 932 g/mol. The summed E-state index contributed by atoms with van der Waals surface area (Å²) in [5.41, 5.74) is 6.08. The molecule has 0 amide bonds. The Balaban J connectivity index is 0.00000408. The predicted octanol–water partition coefficient (Wildman–Crippen LogP) is 9.54. The molecule has 0 N–H and O–H groups in total. The van der Waals surface area contributed by atoms with E-state index in [2.05, 4.69) is 193 Å². The Morgan fingerprint density at radius 2 is 1.25 bits per heavy atom. The number of benzene rings is 7. The topological polar surface area (TPSA) is 44.4 Å². The van der Waals surface area contributed by atoms with E-state index < -0.39 is 8.07 Å². The monoisotopic (exact) mass is 967 g/mol. The standard InChI is InChI=1S/C53H36N4OSi.Pt/c1-53(2)43-20-10-12-22-47(43)58-48-29-28-45-50(51(48)53)41-27-25-38(34-46(41)57(45)49-23-13-14-30-54-49)59(35-15-5-3-6-16-35,36-17-7-4-8-18-36)37-24-26-39-40-19-9-11-21-44(40)56-32-31-55-52(56)42(39)33-37;/h3-32H,1-2H3;/q-2;+2. The maximum atomic E-state index is 6.68. The van der Waals surface area contributed by atoms with E-state index in [1.165, 1.54) is 26.9 Å². The van der Waals surface area contributed by atoms with Gasteiger partial charge in [0.2, 0.25) is 0 Å². The number of hydrogen-bond acceptors (Lipinski definition) is 3. The normalized spacial score (nSPS) is 13.3. The van der Waals surface area contributed by atoms with E-state index in [1.807, 2.05) is 24.5 Å². The zero-order valence-corrected chi connectivity index (χ0v) is 36.1. The molecule has 1 aliphatic rings. The maximum Gasteiger partial charge on any atom is 2.00 e. The molecule has 0 saturated heterocycles. The summed E-state index contributed by atoms with van der Waals surface area (Å²) in [7, 11) is -3.15. The van der Waals surface area contributed by atoms with Gasteiger partial charge in [-0.2, -0.15) is 23.4 Å². The van der Waals surface area contributed by atoms with Gasteiger partial charge in [-0.25, -0.2) is 4.98 Å². The minimum Gasteiger partial charge on any atom is -0.457 e. The summed E-state index contributed by atoms with van der Waals surface area (Å²) in [5, 5.41) is 10.4. The van der Waals surface area contributed by atoms with E-state index in [0.29, 0.717) is 0 Å². The van der Waals surface area contributed by atoms with Crippen molar-refractivity contribution in [2.45, 2.75) is 19.3 Å². The van der Waals surface area contributed by atoms with Crippen LogP contribution in [0.5, 0.6) is 11.5 Å². The summed E-state index contributed by atoms with van der Waals surface area (Å²) in [5.74, 6) is 2.62. The summed E-state index contributed by atoms with van der Waals surface area (Å²) in [6.07, 6.45) is 5.82. The van der Waals surface area contributed by atoms with Crippen LogP contribution in [-0.2, 0) is 26.5 Å². The van der Waals surface area contributed by atoms with Crippen molar-refractivity contribution in [3.05, 3.63) is 206 Å². The number of rotatable bonds is 5. The van der Waals surface area contributed by atoms with Crippen LogP contribution in [0.1, 0.15) is 25.0 Å². The predicted molar refractivity (Wildman–Crippen MR) is 242 cm³/mol. The van der Waals surface area contributed by atoms with Crippen molar-refractivity contribution in [1.29, 1.82) is 0 Å². The third kappa shape index (κ3) is 5.08. The second-order valence-corrected chi connectivity index (χ2v) is 19.7. The van der Waals surface area contributed by atoms with Gasteiger partial charge in [-0.15, -0.1) is 34.2 Å². The van der Waals surface area contributed by atoms with Crippen LogP contribution in [-0.4, -0.2) is 27.0 Å². The van der Waals surface area contributed by atoms with Crippen molar-refractivity contribution in [1.82, 2.24) is 18.9 Å². The van der Waals surface area contributed by atoms with Gasteiger partial charge in [-0.1, -0.05) is 128 Å². The molecule has 0 unspecified atom stereocenters. The fourth-order valence-corrected chi connectivity index (χ4v) is 14.5. The summed E-state index contributed by atoms with van der Waals surface area (Å²) in [6.45, 7) is 4.63. The molecule has 12 rings (SSSR count). The van der Waals surface area contributed by atoms with Gasteiger partial charge in [0.25, 0.3) is 0 Å². The second-order valence-electron chi connectivity index (χ2n) is 16.0. The molecule has 4 aromatic heterocycles. The van der Waals surface area contributed by atoms with Crippen molar-refractivity contribution in [2.75, 3.05) is 0 Å². The molecule has 288 valence electrons. The van der Waals surface area contributed by atoms with Crippen LogP contribution in [0.3, 0.4) is 0 Å². The molecule has 0 spiro atoms. The molecule has 0 bridgehead atoms. The SMILES string of the molecule is CC1(C)c2ccccc2Oc2ccc3c(c21)c1ccc([Si](c2[c-]c4c(cc2)c2ccccc2n2ccnc42)(c2ccccc2)c2ccccc2)[c-]c1n3-c1ccccn1.[Pt+2]. The number of aromatic nitrogens is 4. The molecule has 0 atom stereocenters. The summed E-state index contributed by atoms with van der Waals surface area (Å²) in [4.78, 5) is 9.89. The van der Waals surface area contributed by atoms with Gasteiger partial charge in [0.05, 0.1) is 5.65 Å². The first-order chi connectivity index (χ1) is 29.0. The number of pyridine rings is 2. The van der Waals surface area contributed by atoms with Crippen molar-refractivity contribution in [3.63, 3.8) is 0 Å². The van der Waals surface area contributed by atoms with Gasteiger partial charge in [-0.05, 0) is 57.5 Å². The average molecular weight is 968 g/mol. The van der Waals surface area contributed by atoms with Crippen molar-refractivity contribution >= 4 is 77.9 Å². The van der Waals surface area contributed by atoms with E-state index in [1.54, 1.807) is 0 Å². The van der Waals surface area contributed by atoms with Crippen LogP contribution in [0.4, 0.5) is 0 Å². The Morgan fingerprint density at radius 1 is 0.567 bits per heavy atom. The Labute approximate surface area is 362 Å². The molecule has 0 radical (unpaired) electrons. The molecule has 0 aliphatic carbocycles. The summed E-state index contributed by atoms with van der Waals surface area (Å²) < 4.78 is 11.2. The van der Waals surface area contributed by atoms with E-state index >= 15 is 0 Å². The third-order valence-corrected chi connectivity index (χ3v) is 17.2. The van der Waals surface area contributed by atoms with Gasteiger partial charge in [-0.3, -0.25) is 4.98 Å². The van der Waals surface area contributed by atoms with E-state index in [-0.39, 0.29) is 26.5 Å². The molecule has 7 heteroatoms. The Bertz CT molecular complexity index is 3410. The molecule has 7 aromatic carbocycles. The van der Waals surface area contributed by atoms with E-state index in [4.69, 9.17) is 14.7 Å². The molecule has 5 heterocycles. The van der Waals surface area contributed by atoms with Gasteiger partial charge in [0.15, 0.2) is 0 Å². The zero-order chi connectivity index (χ0) is 39.3. The van der Waals surface area contributed by atoms with Gasteiger partial charge in [0, 0.05) is 46.2 Å². The molecule has 60 heavy (non-hydrogen) atoms. The molecule has 5 nitrogen and oxygen atoms in total. The molecule has 11 aromatic rings. The van der Waals surface area contributed by atoms with Crippen molar-refractivity contribution in [3.8, 4) is 17.3 Å². The fourth-order valence-electron chi connectivity index (χ4n) is 10.0. The van der Waals surface area contributed by atoms with Crippen LogP contribution < -0.4 is 25.5 Å². The largest absolute Gasteiger partial charge is 2.00 e. The van der Waals surface area contributed by atoms with Gasteiger partial charge < -0.3 is 13.7 Å². The molecule has 1 aliphatic heterocycles. The molecule has 0 fully saturated rings. The number of hydrogen-bond donors (Lipinski definition) is 0. The second kappa shape index (κ2) is 13.7. The Hall–Kier alpha value is -6.59. The number of para-hydroxylation sites is 2. The smallest absolute Gasteiger partial charge is 0.457 e. The van der Waals surface area contributed by atoms with E-state index in [0.717, 1.165) is 71.4 Å². The van der Waals surface area contributed by atoms with Crippen LogP contribution in [0.15, 0.2) is 182 Å².